The Hall–Kier alpha value is -3.42. The molecule has 0 bridgehead atoms. The molecule has 0 spiro atoms. The Morgan fingerprint density at radius 1 is 1.17 bits per heavy atom. The Balaban J connectivity index is 1.89. The van der Waals surface area contributed by atoms with Crippen molar-refractivity contribution in [3.63, 3.8) is 0 Å². The highest BCUT2D eigenvalue weighted by Crippen LogP contribution is 2.21. The molecule has 4 N–H and O–H groups in total. The van der Waals surface area contributed by atoms with Crippen molar-refractivity contribution in [1.82, 2.24) is 20.3 Å². The van der Waals surface area contributed by atoms with Gasteiger partial charge in [-0.15, -0.1) is 0 Å². The second-order valence-corrected chi connectivity index (χ2v) is 5.18. The monoisotopic (exact) mass is 326 g/mol. The van der Waals surface area contributed by atoms with Gasteiger partial charge >= 0.3 is 5.97 Å². The van der Waals surface area contributed by atoms with Crippen molar-refractivity contribution in [1.29, 1.82) is 0 Å². The first-order valence-electron chi connectivity index (χ1n) is 7.14. The number of aromatic nitrogens is 3. The van der Waals surface area contributed by atoms with E-state index in [2.05, 4.69) is 20.3 Å². The molecule has 24 heavy (non-hydrogen) atoms. The van der Waals surface area contributed by atoms with E-state index < -0.39 is 17.9 Å². The van der Waals surface area contributed by atoms with Gasteiger partial charge in [0.05, 0.1) is 17.8 Å². The van der Waals surface area contributed by atoms with Crippen LogP contribution in [0.15, 0.2) is 42.9 Å². The Bertz CT molecular complexity index is 888. The molecule has 0 aliphatic heterocycles. The van der Waals surface area contributed by atoms with Gasteiger partial charge in [0.2, 0.25) is 0 Å². The van der Waals surface area contributed by atoms with Crippen LogP contribution >= 0.6 is 0 Å². The van der Waals surface area contributed by atoms with Gasteiger partial charge in [0.1, 0.15) is 23.4 Å². The molecule has 0 radical (unpaired) electrons. The fraction of sp³-hybridized carbons (Fsp3) is 0.125. The minimum atomic E-state index is -1.05. The Morgan fingerprint density at radius 3 is 2.62 bits per heavy atom. The number of hydrogen-bond donors (Lipinski definition) is 4. The van der Waals surface area contributed by atoms with E-state index in [1.54, 1.807) is 24.4 Å². The fourth-order valence-electron chi connectivity index (χ4n) is 2.41. The number of aliphatic carboxylic acids is 1. The topological polar surface area (TPSA) is 128 Å². The summed E-state index contributed by atoms with van der Waals surface area (Å²) in [6.07, 6.45) is 2.61. The first-order chi connectivity index (χ1) is 11.5. The standard InChI is InChI=1S/C16H14N4O4/c21-10-3-1-9(2-4-10)12(7-13(22)23)20-16(24)14-11-5-6-17-15(11)19-8-18-14/h1-6,8,12,21H,7H2,(H,20,24)(H,22,23)(H,17,18,19)/t12-/m1/s1. The van der Waals surface area contributed by atoms with Crippen LogP contribution < -0.4 is 5.32 Å². The number of nitrogens with zero attached hydrogens (tertiary/aromatic N) is 2. The predicted octanol–water partition coefficient (Wildman–Crippen LogP) is 1.61. The molecule has 0 unspecified atom stereocenters. The number of nitrogens with one attached hydrogen (secondary N) is 2. The maximum Gasteiger partial charge on any atom is 0.305 e. The highest BCUT2D eigenvalue weighted by molar-refractivity contribution is 6.03. The number of carboxylic acids is 1. The molecule has 0 fully saturated rings. The van der Waals surface area contributed by atoms with Crippen LogP contribution in [0.2, 0.25) is 0 Å². The number of H-pyrrole nitrogens is 1. The van der Waals surface area contributed by atoms with E-state index in [9.17, 15) is 14.7 Å². The molecule has 0 saturated heterocycles. The number of fused-ring (bicyclic) bond motifs is 1. The summed E-state index contributed by atoms with van der Waals surface area (Å²) in [6.45, 7) is 0. The molecule has 0 aliphatic carbocycles. The quantitative estimate of drug-likeness (QED) is 0.564. The maximum atomic E-state index is 12.5. The van der Waals surface area contributed by atoms with Crippen molar-refractivity contribution in [2.24, 2.45) is 0 Å². The van der Waals surface area contributed by atoms with Crippen molar-refractivity contribution in [2.45, 2.75) is 12.5 Å². The van der Waals surface area contributed by atoms with Crippen LogP contribution in [0.1, 0.15) is 28.5 Å². The molecule has 8 heteroatoms. The van der Waals surface area contributed by atoms with Gasteiger partial charge in [-0.05, 0) is 23.8 Å². The van der Waals surface area contributed by atoms with Crippen LogP contribution in [0.5, 0.6) is 5.75 Å². The third-order valence-electron chi connectivity index (χ3n) is 3.55. The minimum absolute atomic E-state index is 0.0592. The summed E-state index contributed by atoms with van der Waals surface area (Å²) in [5.41, 5.74) is 1.26. The number of aromatic amines is 1. The van der Waals surface area contributed by atoms with Crippen molar-refractivity contribution < 1.29 is 19.8 Å². The van der Waals surface area contributed by atoms with Gasteiger partial charge in [-0.1, -0.05) is 12.1 Å². The van der Waals surface area contributed by atoms with Crippen molar-refractivity contribution in [3.8, 4) is 5.75 Å². The van der Waals surface area contributed by atoms with Crippen LogP contribution in [0.3, 0.4) is 0 Å². The minimum Gasteiger partial charge on any atom is -0.508 e. The average molecular weight is 326 g/mol. The zero-order valence-corrected chi connectivity index (χ0v) is 12.4. The molecule has 3 rings (SSSR count). The number of carbonyl (C=O) groups excluding carboxylic acids is 1. The Labute approximate surface area is 136 Å². The number of rotatable bonds is 5. The summed E-state index contributed by atoms with van der Waals surface area (Å²) >= 11 is 0. The van der Waals surface area contributed by atoms with Gasteiger partial charge in [0.15, 0.2) is 0 Å². The zero-order chi connectivity index (χ0) is 17.1. The summed E-state index contributed by atoms with van der Waals surface area (Å²) in [5.74, 6) is -1.49. The van der Waals surface area contributed by atoms with Gasteiger partial charge in [-0.3, -0.25) is 9.59 Å². The van der Waals surface area contributed by atoms with Gasteiger partial charge in [-0.2, -0.15) is 0 Å². The third kappa shape index (κ3) is 3.17. The highest BCUT2D eigenvalue weighted by atomic mass is 16.4. The summed E-state index contributed by atoms with van der Waals surface area (Å²) in [5, 5.41) is 21.7. The van der Waals surface area contributed by atoms with E-state index in [4.69, 9.17) is 5.11 Å². The smallest absolute Gasteiger partial charge is 0.305 e. The average Bonchev–Trinajstić information content (AvgIpc) is 3.03. The first-order valence-corrected chi connectivity index (χ1v) is 7.14. The van der Waals surface area contributed by atoms with E-state index in [1.165, 1.54) is 18.5 Å². The van der Waals surface area contributed by atoms with Gasteiger partial charge in [0.25, 0.3) is 5.91 Å². The molecule has 2 heterocycles. The molecular weight excluding hydrogens is 312 g/mol. The molecule has 1 aromatic carbocycles. The summed E-state index contributed by atoms with van der Waals surface area (Å²) < 4.78 is 0. The highest BCUT2D eigenvalue weighted by Gasteiger charge is 2.21. The number of carbonyl (C=O) groups is 2. The largest absolute Gasteiger partial charge is 0.508 e. The molecule has 3 aromatic rings. The summed E-state index contributed by atoms with van der Waals surface area (Å²) in [6, 6.07) is 6.93. The SMILES string of the molecule is O=C(O)C[C@@H](NC(=O)c1ncnc2[nH]ccc12)c1ccc(O)cc1. The lowest BCUT2D eigenvalue weighted by molar-refractivity contribution is -0.137. The number of phenolic OH excluding ortho intramolecular Hbond substituents is 1. The van der Waals surface area contributed by atoms with Crippen LogP contribution in [0.25, 0.3) is 11.0 Å². The molecule has 0 aliphatic rings. The van der Waals surface area contributed by atoms with E-state index in [0.717, 1.165) is 0 Å². The molecule has 2 aromatic heterocycles. The van der Waals surface area contributed by atoms with Crippen LogP contribution in [-0.2, 0) is 4.79 Å². The van der Waals surface area contributed by atoms with E-state index in [-0.39, 0.29) is 17.9 Å². The van der Waals surface area contributed by atoms with Crippen molar-refractivity contribution in [2.75, 3.05) is 0 Å². The van der Waals surface area contributed by atoms with Crippen molar-refractivity contribution in [3.05, 3.63) is 54.1 Å². The number of carboxylic acid groups (broad SMARTS) is 1. The normalized spacial score (nSPS) is 12.0. The Kier molecular flexibility index (Phi) is 4.11. The van der Waals surface area contributed by atoms with Crippen LogP contribution in [0.4, 0.5) is 0 Å². The fourth-order valence-corrected chi connectivity index (χ4v) is 2.41. The molecule has 0 saturated carbocycles. The lowest BCUT2D eigenvalue weighted by atomic mass is 10.0. The Morgan fingerprint density at radius 2 is 1.92 bits per heavy atom. The maximum absolute atomic E-state index is 12.5. The van der Waals surface area contributed by atoms with Crippen LogP contribution in [0, 0.1) is 0 Å². The summed E-state index contributed by atoms with van der Waals surface area (Å²) in [7, 11) is 0. The third-order valence-corrected chi connectivity index (χ3v) is 3.55. The van der Waals surface area contributed by atoms with E-state index >= 15 is 0 Å². The second-order valence-electron chi connectivity index (χ2n) is 5.18. The predicted molar refractivity (Wildman–Crippen MR) is 84.5 cm³/mol. The lowest BCUT2D eigenvalue weighted by Crippen LogP contribution is -2.31. The zero-order valence-electron chi connectivity index (χ0n) is 12.4. The molecule has 8 nitrogen and oxygen atoms in total. The number of phenols is 1. The van der Waals surface area contributed by atoms with E-state index in [1.807, 2.05) is 0 Å². The van der Waals surface area contributed by atoms with Gasteiger partial charge in [0, 0.05) is 6.20 Å². The van der Waals surface area contributed by atoms with Crippen molar-refractivity contribution >= 4 is 22.9 Å². The number of aromatic hydroxyl groups is 1. The lowest BCUT2D eigenvalue weighted by Gasteiger charge is -2.17. The molecule has 1 amide bonds. The summed E-state index contributed by atoms with van der Waals surface area (Å²) in [4.78, 5) is 34.5. The molecule has 122 valence electrons. The van der Waals surface area contributed by atoms with Gasteiger partial charge in [-0.25, -0.2) is 9.97 Å². The number of amides is 1. The van der Waals surface area contributed by atoms with E-state index in [0.29, 0.717) is 16.6 Å². The molecule has 1 atom stereocenters. The van der Waals surface area contributed by atoms with Gasteiger partial charge < -0.3 is 20.5 Å². The van der Waals surface area contributed by atoms with Crippen LogP contribution in [-0.4, -0.2) is 37.0 Å². The number of hydrogen-bond acceptors (Lipinski definition) is 5. The second kappa shape index (κ2) is 6.37. The molecular formula is C16H14N4O4. The number of benzene rings is 1. The first kappa shape index (κ1) is 15.5.